The van der Waals surface area contributed by atoms with Gasteiger partial charge in [-0.05, 0) is 30.9 Å². The predicted octanol–water partition coefficient (Wildman–Crippen LogP) is 0.711. The Morgan fingerprint density at radius 1 is 1.47 bits per heavy atom. The normalized spacial score (nSPS) is 18.6. The highest BCUT2D eigenvalue weighted by atomic mass is 32.2. The number of nitrogen functional groups attached to an aromatic ring is 1. The number of nitrogens with zero attached hydrogens (tertiary/aromatic N) is 2. The van der Waals surface area contributed by atoms with Gasteiger partial charge in [0.2, 0.25) is 0 Å². The first-order chi connectivity index (χ1) is 9.05. The second-order valence-electron chi connectivity index (χ2n) is 4.70. The van der Waals surface area contributed by atoms with E-state index in [1.165, 1.54) is 10.5 Å². The van der Waals surface area contributed by atoms with Crippen molar-refractivity contribution in [3.8, 4) is 0 Å². The first-order valence-electron chi connectivity index (χ1n) is 6.25. The minimum absolute atomic E-state index is 0.0415. The van der Waals surface area contributed by atoms with E-state index in [-0.39, 0.29) is 10.7 Å². The van der Waals surface area contributed by atoms with Crippen LogP contribution in [0.2, 0.25) is 0 Å². The van der Waals surface area contributed by atoms with Crippen molar-refractivity contribution in [1.82, 2.24) is 9.29 Å². The lowest BCUT2D eigenvalue weighted by Crippen LogP contribution is -2.39. The van der Waals surface area contributed by atoms with E-state index in [1.807, 2.05) is 0 Å². The fourth-order valence-corrected chi connectivity index (χ4v) is 3.79. The topological polar surface area (TPSA) is 85.5 Å². The molecule has 2 heterocycles. The zero-order valence-electron chi connectivity index (χ0n) is 10.9. The maximum absolute atomic E-state index is 12.4. The van der Waals surface area contributed by atoms with Gasteiger partial charge >= 0.3 is 0 Å². The van der Waals surface area contributed by atoms with E-state index in [2.05, 4.69) is 4.98 Å². The molecule has 7 heteroatoms. The van der Waals surface area contributed by atoms with Crippen LogP contribution in [0.5, 0.6) is 0 Å². The number of anilines is 1. The number of sulfonamides is 1. The number of pyridine rings is 1. The Kier molecular flexibility index (Phi) is 4.38. The van der Waals surface area contributed by atoms with Gasteiger partial charge in [0.25, 0.3) is 10.0 Å². The van der Waals surface area contributed by atoms with Crippen molar-refractivity contribution in [2.75, 3.05) is 32.5 Å². The van der Waals surface area contributed by atoms with Gasteiger partial charge in [0.05, 0.1) is 5.69 Å². The van der Waals surface area contributed by atoms with Crippen LogP contribution in [0, 0.1) is 5.92 Å². The molecule has 1 aromatic rings. The smallest absolute Gasteiger partial charge is 0.262 e. The molecule has 0 amide bonds. The van der Waals surface area contributed by atoms with Crippen molar-refractivity contribution in [2.24, 2.45) is 5.92 Å². The molecule has 1 saturated heterocycles. The quantitative estimate of drug-likeness (QED) is 0.880. The standard InChI is InChI=1S/C12H19N3O3S/c1-18-9-10-4-7-15(8-5-10)19(16,17)12-11(13)3-2-6-14-12/h2-3,6,10H,4-5,7-9,13H2,1H3. The lowest BCUT2D eigenvalue weighted by atomic mass is 9.99. The number of hydrogen-bond donors (Lipinski definition) is 1. The third-order valence-electron chi connectivity index (χ3n) is 3.36. The second-order valence-corrected chi connectivity index (χ2v) is 6.55. The van der Waals surface area contributed by atoms with Gasteiger partial charge in [-0.25, -0.2) is 13.4 Å². The molecule has 1 aliphatic rings. The molecular weight excluding hydrogens is 266 g/mol. The molecule has 1 aliphatic heterocycles. The Hall–Kier alpha value is -1.18. The van der Waals surface area contributed by atoms with Gasteiger partial charge in [0.1, 0.15) is 0 Å². The molecule has 0 radical (unpaired) electrons. The molecule has 106 valence electrons. The summed E-state index contributed by atoms with van der Waals surface area (Å²) in [5, 5.41) is -0.0415. The molecular formula is C12H19N3O3S. The molecule has 0 atom stereocenters. The predicted molar refractivity (Wildman–Crippen MR) is 72.0 cm³/mol. The summed E-state index contributed by atoms with van der Waals surface area (Å²) >= 11 is 0. The number of piperidine rings is 1. The minimum atomic E-state index is -3.57. The van der Waals surface area contributed by atoms with Crippen LogP contribution < -0.4 is 5.73 Å². The molecule has 19 heavy (non-hydrogen) atoms. The Labute approximate surface area is 113 Å². The zero-order chi connectivity index (χ0) is 13.9. The van der Waals surface area contributed by atoms with Crippen LogP contribution in [0.25, 0.3) is 0 Å². The van der Waals surface area contributed by atoms with E-state index < -0.39 is 10.0 Å². The van der Waals surface area contributed by atoms with Crippen molar-refractivity contribution in [3.63, 3.8) is 0 Å². The van der Waals surface area contributed by atoms with E-state index in [0.29, 0.717) is 25.6 Å². The summed E-state index contributed by atoms with van der Waals surface area (Å²) in [5.41, 5.74) is 5.90. The Balaban J connectivity index is 2.12. The van der Waals surface area contributed by atoms with Crippen LogP contribution >= 0.6 is 0 Å². The monoisotopic (exact) mass is 285 g/mol. The molecule has 0 saturated carbocycles. The van der Waals surface area contributed by atoms with E-state index in [4.69, 9.17) is 10.5 Å². The average Bonchev–Trinajstić information content (AvgIpc) is 2.40. The molecule has 1 aromatic heterocycles. The maximum atomic E-state index is 12.4. The van der Waals surface area contributed by atoms with Crippen LogP contribution in [0.1, 0.15) is 12.8 Å². The fraction of sp³-hybridized carbons (Fsp3) is 0.583. The summed E-state index contributed by atoms with van der Waals surface area (Å²) in [6.07, 6.45) is 3.06. The van der Waals surface area contributed by atoms with Gasteiger partial charge < -0.3 is 10.5 Å². The Morgan fingerprint density at radius 3 is 2.74 bits per heavy atom. The minimum Gasteiger partial charge on any atom is -0.396 e. The highest BCUT2D eigenvalue weighted by Crippen LogP contribution is 2.25. The van der Waals surface area contributed by atoms with E-state index in [0.717, 1.165) is 12.8 Å². The van der Waals surface area contributed by atoms with E-state index in [9.17, 15) is 8.42 Å². The van der Waals surface area contributed by atoms with Crippen molar-refractivity contribution < 1.29 is 13.2 Å². The highest BCUT2D eigenvalue weighted by Gasteiger charge is 2.31. The summed E-state index contributed by atoms with van der Waals surface area (Å²) in [7, 11) is -1.91. The Bertz CT molecular complexity index is 525. The molecule has 0 aliphatic carbocycles. The van der Waals surface area contributed by atoms with Crippen molar-refractivity contribution in [3.05, 3.63) is 18.3 Å². The summed E-state index contributed by atoms with van der Waals surface area (Å²) in [6, 6.07) is 3.18. The number of methoxy groups -OCH3 is 1. The number of aromatic nitrogens is 1. The molecule has 0 unspecified atom stereocenters. The van der Waals surface area contributed by atoms with Crippen molar-refractivity contribution in [1.29, 1.82) is 0 Å². The molecule has 0 spiro atoms. The molecule has 2 N–H and O–H groups in total. The molecule has 2 rings (SSSR count). The first-order valence-corrected chi connectivity index (χ1v) is 7.69. The maximum Gasteiger partial charge on any atom is 0.262 e. The van der Waals surface area contributed by atoms with Gasteiger partial charge in [-0.2, -0.15) is 4.31 Å². The first kappa shape index (κ1) is 14.2. The molecule has 0 bridgehead atoms. The van der Waals surface area contributed by atoms with Crippen molar-refractivity contribution >= 4 is 15.7 Å². The third kappa shape index (κ3) is 3.05. The summed E-state index contributed by atoms with van der Waals surface area (Å²) < 4.78 is 31.4. The number of ether oxygens (including phenoxy) is 1. The van der Waals surface area contributed by atoms with Crippen LogP contribution in [0.15, 0.2) is 23.4 Å². The van der Waals surface area contributed by atoms with Crippen LogP contribution in [0.4, 0.5) is 5.69 Å². The third-order valence-corrected chi connectivity index (χ3v) is 5.24. The Morgan fingerprint density at radius 2 is 2.16 bits per heavy atom. The molecule has 1 fully saturated rings. The lowest BCUT2D eigenvalue weighted by Gasteiger charge is -2.30. The number of nitrogens with two attached hydrogens (primary N) is 1. The summed E-state index contributed by atoms with van der Waals surface area (Å²) in [4.78, 5) is 3.90. The van der Waals surface area contributed by atoms with E-state index in [1.54, 1.807) is 19.2 Å². The number of hydrogen-bond acceptors (Lipinski definition) is 5. The van der Waals surface area contributed by atoms with Gasteiger partial charge in [-0.1, -0.05) is 0 Å². The summed E-state index contributed by atoms with van der Waals surface area (Å²) in [5.74, 6) is 0.428. The van der Waals surface area contributed by atoms with E-state index >= 15 is 0 Å². The van der Waals surface area contributed by atoms with Gasteiger partial charge in [-0.3, -0.25) is 0 Å². The SMILES string of the molecule is COCC1CCN(S(=O)(=O)c2ncccc2N)CC1. The van der Waals surface area contributed by atoms with Gasteiger partial charge in [-0.15, -0.1) is 0 Å². The molecule has 0 aromatic carbocycles. The second kappa shape index (κ2) is 5.85. The highest BCUT2D eigenvalue weighted by molar-refractivity contribution is 7.89. The van der Waals surface area contributed by atoms with Crippen LogP contribution in [-0.4, -0.2) is 44.5 Å². The zero-order valence-corrected chi connectivity index (χ0v) is 11.8. The van der Waals surface area contributed by atoms with Crippen LogP contribution in [-0.2, 0) is 14.8 Å². The summed E-state index contributed by atoms with van der Waals surface area (Å²) in [6.45, 7) is 1.67. The lowest BCUT2D eigenvalue weighted by molar-refractivity contribution is 0.121. The van der Waals surface area contributed by atoms with Gasteiger partial charge in [0, 0.05) is 33.0 Å². The molecule has 6 nitrogen and oxygen atoms in total. The van der Waals surface area contributed by atoms with Gasteiger partial charge in [0.15, 0.2) is 5.03 Å². The average molecular weight is 285 g/mol. The van der Waals surface area contributed by atoms with Crippen molar-refractivity contribution in [2.45, 2.75) is 17.9 Å². The largest absolute Gasteiger partial charge is 0.396 e. The fourth-order valence-electron chi connectivity index (χ4n) is 2.29. The van der Waals surface area contributed by atoms with Crippen LogP contribution in [0.3, 0.4) is 0 Å². The number of rotatable bonds is 4.